The fourth-order valence-corrected chi connectivity index (χ4v) is 3.87. The number of aryl methyl sites for hydroxylation is 1. The van der Waals surface area contributed by atoms with Crippen LogP contribution in [0, 0.1) is 32.1 Å². The van der Waals surface area contributed by atoms with Gasteiger partial charge in [-0.1, -0.05) is 17.8 Å². The molecule has 1 heterocycles. The average Bonchev–Trinajstić information content (AvgIpc) is 2.73. The summed E-state index contributed by atoms with van der Waals surface area (Å²) < 4.78 is 10.6. The van der Waals surface area contributed by atoms with E-state index in [4.69, 9.17) is 9.47 Å². The molecule has 0 bridgehead atoms. The highest BCUT2D eigenvalue weighted by Gasteiger charge is 2.16. The van der Waals surface area contributed by atoms with Gasteiger partial charge in [0, 0.05) is 19.3 Å². The standard InChI is InChI=1S/C22H27N3O3S/c1-14-15(2)18(12-23)22(24-16(14)3)29-13-21(26)25(4)10-9-17-7-8-19(27-5)20(11-17)28-6/h7-8,11H,9-10,13H2,1-6H3. The lowest BCUT2D eigenvalue weighted by molar-refractivity contribution is -0.127. The Kier molecular flexibility index (Phi) is 7.91. The van der Waals surface area contributed by atoms with E-state index in [-0.39, 0.29) is 11.7 Å². The number of nitriles is 1. The van der Waals surface area contributed by atoms with Crippen LogP contribution in [-0.4, -0.2) is 49.4 Å². The van der Waals surface area contributed by atoms with Crippen molar-refractivity contribution in [3.05, 3.63) is 46.1 Å². The zero-order valence-electron chi connectivity index (χ0n) is 17.8. The summed E-state index contributed by atoms with van der Waals surface area (Å²) in [6.45, 7) is 6.38. The Morgan fingerprint density at radius 2 is 1.86 bits per heavy atom. The molecule has 0 fully saturated rings. The second-order valence-corrected chi connectivity index (χ2v) is 7.75. The van der Waals surface area contributed by atoms with E-state index in [1.165, 1.54) is 11.8 Å². The molecule has 7 heteroatoms. The zero-order valence-corrected chi connectivity index (χ0v) is 18.6. The summed E-state index contributed by atoms with van der Waals surface area (Å²) in [6, 6.07) is 7.98. The van der Waals surface area contributed by atoms with Crippen LogP contribution in [0.15, 0.2) is 23.2 Å². The number of methoxy groups -OCH3 is 2. The molecule has 0 unspecified atom stereocenters. The first kappa shape index (κ1) is 22.6. The lowest BCUT2D eigenvalue weighted by atomic mass is 10.1. The Morgan fingerprint density at radius 1 is 1.17 bits per heavy atom. The van der Waals surface area contributed by atoms with Crippen molar-refractivity contribution in [1.29, 1.82) is 5.26 Å². The fourth-order valence-electron chi connectivity index (χ4n) is 2.85. The highest BCUT2D eigenvalue weighted by molar-refractivity contribution is 8.00. The summed E-state index contributed by atoms with van der Waals surface area (Å²) in [5.74, 6) is 1.60. The van der Waals surface area contributed by atoms with Gasteiger partial charge in [0.25, 0.3) is 0 Å². The molecule has 0 saturated heterocycles. The van der Waals surface area contributed by atoms with E-state index < -0.39 is 0 Å². The Morgan fingerprint density at radius 3 is 2.48 bits per heavy atom. The molecule has 154 valence electrons. The number of carbonyl (C=O) groups excluding carboxylic acids is 1. The van der Waals surface area contributed by atoms with Gasteiger partial charge in [0.2, 0.25) is 5.91 Å². The van der Waals surface area contributed by atoms with E-state index in [2.05, 4.69) is 11.1 Å². The van der Waals surface area contributed by atoms with Gasteiger partial charge in [-0.15, -0.1) is 0 Å². The van der Waals surface area contributed by atoms with Crippen LogP contribution in [0.2, 0.25) is 0 Å². The molecule has 2 aromatic rings. The number of carbonyl (C=O) groups is 1. The molecule has 1 aromatic carbocycles. The highest BCUT2D eigenvalue weighted by atomic mass is 32.2. The van der Waals surface area contributed by atoms with E-state index in [1.54, 1.807) is 26.2 Å². The molecule has 1 amide bonds. The molecule has 0 saturated carbocycles. The Balaban J connectivity index is 1.98. The quantitative estimate of drug-likeness (QED) is 0.615. The van der Waals surface area contributed by atoms with Gasteiger partial charge in [0.1, 0.15) is 11.1 Å². The van der Waals surface area contributed by atoms with Gasteiger partial charge in [0.05, 0.1) is 25.5 Å². The normalized spacial score (nSPS) is 10.4. The number of hydrogen-bond donors (Lipinski definition) is 0. The third-order valence-electron chi connectivity index (χ3n) is 5.02. The first-order chi connectivity index (χ1) is 13.8. The summed E-state index contributed by atoms with van der Waals surface area (Å²) in [6.07, 6.45) is 0.706. The Labute approximate surface area is 176 Å². The lowest BCUT2D eigenvalue weighted by Gasteiger charge is -2.18. The molecule has 0 aliphatic rings. The molecule has 2 rings (SSSR count). The molecule has 0 aliphatic heterocycles. The molecule has 1 aromatic heterocycles. The number of likely N-dealkylation sites (N-methyl/N-ethyl adjacent to an activating group) is 1. The van der Waals surface area contributed by atoms with E-state index >= 15 is 0 Å². The van der Waals surface area contributed by atoms with Crippen molar-refractivity contribution < 1.29 is 14.3 Å². The number of thioether (sulfide) groups is 1. The number of hydrogen-bond acceptors (Lipinski definition) is 6. The molecule has 0 radical (unpaired) electrons. The first-order valence-electron chi connectivity index (χ1n) is 9.27. The first-order valence-corrected chi connectivity index (χ1v) is 10.3. The number of ether oxygens (including phenoxy) is 2. The predicted molar refractivity (Wildman–Crippen MR) is 115 cm³/mol. The number of aromatic nitrogens is 1. The van der Waals surface area contributed by atoms with Crippen molar-refractivity contribution in [3.8, 4) is 17.6 Å². The largest absolute Gasteiger partial charge is 0.493 e. The molecule has 0 aliphatic carbocycles. The summed E-state index contributed by atoms with van der Waals surface area (Å²) in [5.41, 5.74) is 4.45. The molecular formula is C22H27N3O3S. The fraction of sp³-hybridized carbons (Fsp3) is 0.409. The molecule has 0 N–H and O–H groups in total. The molecule has 0 atom stereocenters. The van der Waals surface area contributed by atoms with Crippen molar-refractivity contribution in [3.63, 3.8) is 0 Å². The minimum absolute atomic E-state index is 0.00273. The van der Waals surface area contributed by atoms with E-state index in [0.717, 1.165) is 22.4 Å². The molecule has 29 heavy (non-hydrogen) atoms. The third-order valence-corrected chi connectivity index (χ3v) is 5.98. The van der Waals surface area contributed by atoms with Crippen LogP contribution < -0.4 is 9.47 Å². The van der Waals surface area contributed by atoms with Crippen molar-refractivity contribution in [1.82, 2.24) is 9.88 Å². The van der Waals surface area contributed by atoms with Crippen molar-refractivity contribution >= 4 is 17.7 Å². The van der Waals surface area contributed by atoms with Crippen molar-refractivity contribution in [2.45, 2.75) is 32.2 Å². The second-order valence-electron chi connectivity index (χ2n) is 6.78. The maximum absolute atomic E-state index is 12.5. The SMILES string of the molecule is COc1ccc(CCN(C)C(=O)CSc2nc(C)c(C)c(C)c2C#N)cc1OC. The van der Waals surface area contributed by atoms with E-state index in [9.17, 15) is 10.1 Å². The smallest absolute Gasteiger partial charge is 0.232 e. The maximum Gasteiger partial charge on any atom is 0.232 e. The summed E-state index contributed by atoms with van der Waals surface area (Å²) in [7, 11) is 4.99. The lowest BCUT2D eigenvalue weighted by Crippen LogP contribution is -2.30. The van der Waals surface area contributed by atoms with Crippen LogP contribution in [0.5, 0.6) is 11.5 Å². The zero-order chi connectivity index (χ0) is 21.6. The van der Waals surface area contributed by atoms with Gasteiger partial charge < -0.3 is 14.4 Å². The van der Waals surface area contributed by atoms with Gasteiger partial charge in [0.15, 0.2) is 11.5 Å². The minimum atomic E-state index is -0.00273. The summed E-state index contributed by atoms with van der Waals surface area (Å²) >= 11 is 1.32. The number of pyridine rings is 1. The van der Waals surface area contributed by atoms with E-state index in [1.807, 2.05) is 39.0 Å². The summed E-state index contributed by atoms with van der Waals surface area (Å²) in [4.78, 5) is 18.8. The number of nitrogens with zero attached hydrogens (tertiary/aromatic N) is 3. The second kappa shape index (κ2) is 10.2. The number of benzene rings is 1. The predicted octanol–water partition coefficient (Wildman–Crippen LogP) is 3.69. The number of rotatable bonds is 8. The van der Waals surface area contributed by atoms with Gasteiger partial charge >= 0.3 is 0 Å². The molecule has 6 nitrogen and oxygen atoms in total. The van der Waals surface area contributed by atoms with Crippen molar-refractivity contribution in [2.75, 3.05) is 33.6 Å². The van der Waals surface area contributed by atoms with Crippen LogP contribution in [-0.2, 0) is 11.2 Å². The Bertz CT molecular complexity index is 938. The molecular weight excluding hydrogens is 386 g/mol. The minimum Gasteiger partial charge on any atom is -0.493 e. The average molecular weight is 414 g/mol. The van der Waals surface area contributed by atoms with Crippen LogP contribution in [0.1, 0.15) is 27.9 Å². The van der Waals surface area contributed by atoms with Gasteiger partial charge in [-0.25, -0.2) is 4.98 Å². The van der Waals surface area contributed by atoms with Crippen LogP contribution in [0.3, 0.4) is 0 Å². The summed E-state index contributed by atoms with van der Waals surface area (Å²) in [5, 5.41) is 10.1. The van der Waals surface area contributed by atoms with Gasteiger partial charge in [-0.3, -0.25) is 4.79 Å². The number of amides is 1. The van der Waals surface area contributed by atoms with Crippen LogP contribution in [0.4, 0.5) is 0 Å². The van der Waals surface area contributed by atoms with Crippen molar-refractivity contribution in [2.24, 2.45) is 0 Å². The molecule has 0 spiro atoms. The van der Waals surface area contributed by atoms with E-state index in [0.29, 0.717) is 35.1 Å². The Hall–Kier alpha value is -2.72. The monoisotopic (exact) mass is 413 g/mol. The highest BCUT2D eigenvalue weighted by Crippen LogP contribution is 2.28. The maximum atomic E-state index is 12.5. The van der Waals surface area contributed by atoms with Crippen LogP contribution in [0.25, 0.3) is 0 Å². The van der Waals surface area contributed by atoms with Gasteiger partial charge in [-0.05, 0) is 56.0 Å². The van der Waals surface area contributed by atoms with Gasteiger partial charge in [-0.2, -0.15) is 5.26 Å². The van der Waals surface area contributed by atoms with Crippen LogP contribution >= 0.6 is 11.8 Å². The topological polar surface area (TPSA) is 75.5 Å². The third kappa shape index (κ3) is 5.42.